The van der Waals surface area contributed by atoms with Gasteiger partial charge in [-0.25, -0.2) is 0 Å². The van der Waals surface area contributed by atoms with E-state index in [-0.39, 0.29) is 59.1 Å². The summed E-state index contributed by atoms with van der Waals surface area (Å²) in [5.41, 5.74) is 0. The van der Waals surface area contributed by atoms with Crippen molar-refractivity contribution in [2.45, 2.75) is 0 Å². The molecular weight excluding hydrogens is 270 g/mol. The van der Waals surface area contributed by atoms with E-state index in [1.165, 1.54) is 0 Å². The van der Waals surface area contributed by atoms with E-state index in [0.717, 1.165) is 0 Å². The first-order chi connectivity index (χ1) is 4.00. The van der Waals surface area contributed by atoms with E-state index in [1.54, 1.807) is 0 Å². The van der Waals surface area contributed by atoms with Crippen molar-refractivity contribution in [3.8, 4) is 0 Å². The molecule has 0 atom stereocenters. The summed E-state index contributed by atoms with van der Waals surface area (Å²) in [4.78, 5) is 0. The smallest absolute Gasteiger partial charge is 0.780 e. The van der Waals surface area contributed by atoms with Crippen molar-refractivity contribution >= 4 is 40.5 Å². The molecule has 0 aromatic carbocycles. The van der Waals surface area contributed by atoms with Gasteiger partial charge >= 0.3 is 59.1 Å². The molecule has 0 aliphatic heterocycles. The Kier molecular flexibility index (Phi) is 20.2. The molecule has 64 valence electrons. The molecule has 12 heteroatoms. The molecule has 0 amide bonds. The van der Waals surface area contributed by atoms with Crippen molar-refractivity contribution < 1.29 is 85.7 Å². The average molecular weight is 270 g/mol. The van der Waals surface area contributed by atoms with E-state index in [1.807, 2.05) is 0 Å². The van der Waals surface area contributed by atoms with Gasteiger partial charge in [0.1, 0.15) is 0 Å². The fraction of sp³-hybridized carbons (Fsp3) is 0. The summed E-state index contributed by atoms with van der Waals surface area (Å²) in [7, 11) is -8.67. The zero-order chi connectivity index (χ0) is 9.00. The van der Waals surface area contributed by atoms with Crippen molar-refractivity contribution in [1.29, 1.82) is 0 Å². The van der Waals surface area contributed by atoms with Gasteiger partial charge < -0.3 is 18.2 Å². The summed E-state index contributed by atoms with van der Waals surface area (Å²) >= 11 is 6.49. The van der Waals surface area contributed by atoms with Crippen molar-refractivity contribution in [2.75, 3.05) is 0 Å². The SMILES string of the molecule is O=S([O-])([O-])=S.O=S([O-])([O-])=S.[Na+].[Na+]. The third kappa shape index (κ3) is 253. The first-order valence-electron chi connectivity index (χ1n) is 1.33. The second-order valence-corrected chi connectivity index (χ2v) is 4.90. The van der Waals surface area contributed by atoms with E-state index < -0.39 is 18.1 Å². The maximum atomic E-state index is 8.89. The van der Waals surface area contributed by atoms with Crippen molar-refractivity contribution in [3.63, 3.8) is 0 Å². The van der Waals surface area contributed by atoms with Crippen LogP contribution in [0.4, 0.5) is 0 Å². The molecule has 0 saturated carbocycles. The fourth-order valence-corrected chi connectivity index (χ4v) is 0. The molecule has 6 nitrogen and oxygen atoms in total. The van der Waals surface area contributed by atoms with Crippen molar-refractivity contribution in [1.82, 2.24) is 0 Å². The number of hydrogen-bond donors (Lipinski definition) is 0. The minimum atomic E-state index is -4.33. The van der Waals surface area contributed by atoms with Gasteiger partial charge in [0.05, 0.1) is 0 Å². The molecule has 0 rings (SSSR count). The summed E-state index contributed by atoms with van der Waals surface area (Å²) in [6, 6.07) is 0. The molecule has 0 radical (unpaired) electrons. The van der Waals surface area contributed by atoms with E-state index in [2.05, 4.69) is 22.4 Å². The summed E-state index contributed by atoms with van der Waals surface area (Å²) < 4.78 is 53.3. The van der Waals surface area contributed by atoms with E-state index in [9.17, 15) is 0 Å². The van der Waals surface area contributed by atoms with Crippen molar-refractivity contribution in [3.05, 3.63) is 0 Å². The van der Waals surface area contributed by atoms with Gasteiger partial charge in [-0.15, -0.1) is 18.1 Å². The molecule has 0 bridgehead atoms. The molecular formula is Na2O6S4-2. The predicted molar refractivity (Wildman–Crippen MR) is 34.1 cm³/mol. The van der Waals surface area contributed by atoms with Crippen LogP contribution in [0.25, 0.3) is 0 Å². The molecule has 0 fully saturated rings. The van der Waals surface area contributed by atoms with Gasteiger partial charge in [0.2, 0.25) is 0 Å². The first-order valence-corrected chi connectivity index (χ1v) is 6.00. The van der Waals surface area contributed by atoms with Gasteiger partial charge in [0.15, 0.2) is 0 Å². The Hall–Kier alpha value is 2.58. The van der Waals surface area contributed by atoms with Crippen LogP contribution in [0.5, 0.6) is 0 Å². The van der Waals surface area contributed by atoms with Crippen LogP contribution in [0.3, 0.4) is 0 Å². The monoisotopic (exact) mass is 270 g/mol. The van der Waals surface area contributed by atoms with Gasteiger partial charge in [-0.05, 0) is 22.4 Å². The standard InChI is InChI=1S/2Na.2H2O3S2/c;;2*1-5(2,3)4/h;;2*(H2,1,2,3,4)/q2*+1;;/p-4. The molecule has 0 N–H and O–H groups in total. The molecule has 12 heavy (non-hydrogen) atoms. The Morgan fingerprint density at radius 1 is 0.750 bits per heavy atom. The summed E-state index contributed by atoms with van der Waals surface area (Å²) in [5, 5.41) is 0. The Bertz CT molecular complexity index is 214. The topological polar surface area (TPSA) is 126 Å². The molecule has 0 aliphatic rings. The van der Waals surface area contributed by atoms with Crippen molar-refractivity contribution in [2.24, 2.45) is 0 Å². The quantitative estimate of drug-likeness (QED) is 0.397. The van der Waals surface area contributed by atoms with Gasteiger partial charge in [-0.2, -0.15) is 0 Å². The Labute approximate surface area is 124 Å². The number of rotatable bonds is 0. The minimum Gasteiger partial charge on any atom is -0.780 e. The Morgan fingerprint density at radius 3 is 0.750 bits per heavy atom. The van der Waals surface area contributed by atoms with Crippen LogP contribution in [-0.4, -0.2) is 26.6 Å². The van der Waals surface area contributed by atoms with Crippen LogP contribution >= 0.6 is 0 Å². The van der Waals surface area contributed by atoms with Crippen LogP contribution in [0, 0.1) is 0 Å². The first kappa shape index (κ1) is 24.0. The third-order valence-electron chi connectivity index (χ3n) is 0. The van der Waals surface area contributed by atoms with Crippen LogP contribution in [0.1, 0.15) is 0 Å². The van der Waals surface area contributed by atoms with Gasteiger partial charge in [-0.3, -0.25) is 8.42 Å². The molecule has 0 unspecified atom stereocenters. The zero-order valence-corrected chi connectivity index (χ0v) is 13.3. The van der Waals surface area contributed by atoms with Gasteiger partial charge in [-0.1, -0.05) is 0 Å². The molecule has 0 saturated heterocycles. The third-order valence-corrected chi connectivity index (χ3v) is 0. The average Bonchev–Trinajstić information content (AvgIpc) is 1.12. The minimum absolute atomic E-state index is 0. The molecule has 0 aromatic heterocycles. The maximum Gasteiger partial charge on any atom is 1.00 e. The van der Waals surface area contributed by atoms with E-state index >= 15 is 0 Å². The second kappa shape index (κ2) is 10.1. The molecule has 0 heterocycles. The Balaban J connectivity index is -0.0000000457. The van der Waals surface area contributed by atoms with Crippen LogP contribution < -0.4 is 59.1 Å². The fourth-order valence-electron chi connectivity index (χ4n) is 0. The van der Waals surface area contributed by atoms with E-state index in [4.69, 9.17) is 26.6 Å². The molecule has 0 spiro atoms. The van der Waals surface area contributed by atoms with Crippen LogP contribution in [0.15, 0.2) is 0 Å². The van der Waals surface area contributed by atoms with Crippen LogP contribution in [0.2, 0.25) is 0 Å². The normalized spacial score (nSPS) is 9.67. The zero-order valence-electron chi connectivity index (χ0n) is 6.08. The van der Waals surface area contributed by atoms with Gasteiger partial charge in [0.25, 0.3) is 0 Å². The Morgan fingerprint density at radius 2 is 0.750 bits per heavy atom. The number of hydrogen-bond acceptors (Lipinski definition) is 8. The molecule has 0 aliphatic carbocycles. The summed E-state index contributed by atoms with van der Waals surface area (Å²) in [6.07, 6.45) is 0. The summed E-state index contributed by atoms with van der Waals surface area (Å²) in [5.74, 6) is 0. The van der Waals surface area contributed by atoms with E-state index in [0.29, 0.717) is 0 Å². The van der Waals surface area contributed by atoms with Gasteiger partial charge in [0, 0.05) is 0 Å². The molecule has 0 aromatic rings. The predicted octanol–water partition coefficient (Wildman–Crippen LogP) is -8.01. The van der Waals surface area contributed by atoms with Crippen LogP contribution in [-0.2, 0) is 40.5 Å². The second-order valence-electron chi connectivity index (χ2n) is 0.816. The summed E-state index contributed by atoms with van der Waals surface area (Å²) in [6.45, 7) is 0. The maximum absolute atomic E-state index is 8.89. The largest absolute Gasteiger partial charge is 1.00 e.